The second-order valence-corrected chi connectivity index (χ2v) is 8.69. The van der Waals surface area contributed by atoms with Gasteiger partial charge in [0.15, 0.2) is 0 Å². The van der Waals surface area contributed by atoms with Crippen LogP contribution in [0.5, 0.6) is 5.75 Å². The van der Waals surface area contributed by atoms with E-state index >= 15 is 0 Å². The molecule has 1 aromatic heterocycles. The summed E-state index contributed by atoms with van der Waals surface area (Å²) in [5.41, 5.74) is 2.52. The lowest BCUT2D eigenvalue weighted by atomic mass is 9.75. The summed E-state index contributed by atoms with van der Waals surface area (Å²) >= 11 is 0. The molecule has 1 aliphatic heterocycles. The first-order valence-corrected chi connectivity index (χ1v) is 11.2. The van der Waals surface area contributed by atoms with Gasteiger partial charge in [0.05, 0.1) is 5.69 Å². The topological polar surface area (TPSA) is 45.7 Å². The van der Waals surface area contributed by atoms with Gasteiger partial charge in [-0.2, -0.15) is 0 Å². The zero-order chi connectivity index (χ0) is 22.4. The average Bonchev–Trinajstić information content (AvgIpc) is 2.84. The number of likely N-dealkylation sites (tertiary alicyclic amines) is 1. The number of aromatic nitrogens is 1. The van der Waals surface area contributed by atoms with Gasteiger partial charge in [0, 0.05) is 38.9 Å². The predicted molar refractivity (Wildman–Crippen MR) is 126 cm³/mol. The molecule has 2 heterocycles. The lowest BCUT2D eigenvalue weighted by Crippen LogP contribution is -2.54. The van der Waals surface area contributed by atoms with Crippen molar-refractivity contribution >= 4 is 5.91 Å². The Labute approximate surface area is 190 Å². The molecule has 4 rings (SSSR count). The van der Waals surface area contributed by atoms with E-state index in [-0.39, 0.29) is 5.91 Å². The number of benzene rings is 2. The number of carbonyl (C=O) groups excluding carboxylic acids is 1. The van der Waals surface area contributed by atoms with Gasteiger partial charge in [0.1, 0.15) is 17.8 Å². The Bertz CT molecular complexity index is 1020. The minimum absolute atomic E-state index is 0.120. The summed E-state index contributed by atoms with van der Waals surface area (Å²) in [6.45, 7) is 2.87. The fourth-order valence-corrected chi connectivity index (χ4v) is 4.60. The van der Waals surface area contributed by atoms with Crippen molar-refractivity contribution in [3.05, 3.63) is 95.8 Å². The molecule has 1 aliphatic rings. The Morgan fingerprint density at radius 1 is 1.03 bits per heavy atom. The molecule has 0 unspecified atom stereocenters. The van der Waals surface area contributed by atoms with E-state index in [4.69, 9.17) is 4.74 Å². The molecule has 0 radical (unpaired) electrons. The number of piperidine rings is 1. The molecule has 0 saturated carbocycles. The molecule has 2 aromatic carbocycles. The van der Waals surface area contributed by atoms with Crippen molar-refractivity contribution in [1.82, 2.24) is 14.8 Å². The van der Waals surface area contributed by atoms with Crippen molar-refractivity contribution in [2.75, 3.05) is 27.2 Å². The number of amides is 1. The van der Waals surface area contributed by atoms with Crippen LogP contribution in [-0.4, -0.2) is 47.9 Å². The Kier molecular flexibility index (Phi) is 6.86. The van der Waals surface area contributed by atoms with Crippen LogP contribution in [0.4, 0.5) is 0 Å². The largest absolute Gasteiger partial charge is 0.489 e. The van der Waals surface area contributed by atoms with Crippen molar-refractivity contribution < 1.29 is 9.53 Å². The standard InChI is InChI=1S/C27H31N3O2/c1-29(2)26(31)27(25-15-8-9-17-28-25)16-10-18-30(21-27)19-23-13-6-7-14-24(23)32-20-22-11-4-3-5-12-22/h3-9,11-15,17H,10,16,18-21H2,1-2H3/t27-/m0/s1. The van der Waals surface area contributed by atoms with Gasteiger partial charge in [-0.15, -0.1) is 0 Å². The predicted octanol–water partition coefficient (Wildman–Crippen LogP) is 4.28. The quantitative estimate of drug-likeness (QED) is 0.562. The minimum atomic E-state index is -0.622. The molecule has 32 heavy (non-hydrogen) atoms. The van der Waals surface area contributed by atoms with Crippen LogP contribution in [0.25, 0.3) is 0 Å². The van der Waals surface area contributed by atoms with Crippen LogP contribution in [0.3, 0.4) is 0 Å². The number of hydrogen-bond donors (Lipinski definition) is 0. The van der Waals surface area contributed by atoms with Gasteiger partial charge in [-0.05, 0) is 43.1 Å². The van der Waals surface area contributed by atoms with Gasteiger partial charge < -0.3 is 9.64 Å². The van der Waals surface area contributed by atoms with Crippen molar-refractivity contribution in [1.29, 1.82) is 0 Å². The van der Waals surface area contributed by atoms with E-state index in [1.807, 2.05) is 68.7 Å². The average molecular weight is 430 g/mol. The Morgan fingerprint density at radius 2 is 1.78 bits per heavy atom. The number of pyridine rings is 1. The third kappa shape index (κ3) is 4.83. The van der Waals surface area contributed by atoms with Crippen LogP contribution in [-0.2, 0) is 23.4 Å². The summed E-state index contributed by atoms with van der Waals surface area (Å²) in [4.78, 5) is 22.0. The molecule has 5 heteroatoms. The van der Waals surface area contributed by atoms with Crippen molar-refractivity contribution in [2.45, 2.75) is 31.4 Å². The summed E-state index contributed by atoms with van der Waals surface area (Å²) in [7, 11) is 3.66. The molecule has 166 valence electrons. The van der Waals surface area contributed by atoms with Gasteiger partial charge in [0.2, 0.25) is 5.91 Å². The highest BCUT2D eigenvalue weighted by Gasteiger charge is 2.45. The molecular weight excluding hydrogens is 398 g/mol. The second kappa shape index (κ2) is 9.96. The van der Waals surface area contributed by atoms with Gasteiger partial charge in [-0.25, -0.2) is 0 Å². The maximum atomic E-state index is 13.4. The minimum Gasteiger partial charge on any atom is -0.489 e. The molecule has 0 aliphatic carbocycles. The zero-order valence-electron chi connectivity index (χ0n) is 18.9. The van der Waals surface area contributed by atoms with E-state index in [0.29, 0.717) is 13.2 Å². The number of rotatable bonds is 7. The Balaban J connectivity index is 1.54. The lowest BCUT2D eigenvalue weighted by Gasteiger charge is -2.42. The fourth-order valence-electron chi connectivity index (χ4n) is 4.60. The highest BCUT2D eigenvalue weighted by Crippen LogP contribution is 2.36. The molecule has 1 atom stereocenters. The number of ether oxygens (including phenoxy) is 1. The van der Waals surface area contributed by atoms with E-state index in [9.17, 15) is 4.79 Å². The molecule has 0 spiro atoms. The van der Waals surface area contributed by atoms with Crippen LogP contribution in [0.2, 0.25) is 0 Å². The molecule has 1 fully saturated rings. The van der Waals surface area contributed by atoms with Crippen LogP contribution in [0.15, 0.2) is 79.0 Å². The maximum absolute atomic E-state index is 13.4. The van der Waals surface area contributed by atoms with Crippen LogP contribution in [0.1, 0.15) is 29.7 Å². The highest BCUT2D eigenvalue weighted by atomic mass is 16.5. The first-order valence-electron chi connectivity index (χ1n) is 11.2. The SMILES string of the molecule is CN(C)C(=O)[C@@]1(c2ccccn2)CCCN(Cc2ccccc2OCc2ccccc2)C1. The summed E-state index contributed by atoms with van der Waals surface area (Å²) in [6, 6.07) is 24.3. The maximum Gasteiger partial charge on any atom is 0.235 e. The van der Waals surface area contributed by atoms with Gasteiger partial charge in [-0.3, -0.25) is 14.7 Å². The van der Waals surface area contributed by atoms with E-state index in [1.165, 1.54) is 0 Å². The third-order valence-corrected chi connectivity index (χ3v) is 6.15. The summed E-state index contributed by atoms with van der Waals surface area (Å²) in [5.74, 6) is 1.01. The number of hydrogen-bond acceptors (Lipinski definition) is 4. The second-order valence-electron chi connectivity index (χ2n) is 8.69. The van der Waals surface area contributed by atoms with Gasteiger partial charge in [0.25, 0.3) is 0 Å². The molecular formula is C27H31N3O2. The third-order valence-electron chi connectivity index (χ3n) is 6.15. The lowest BCUT2D eigenvalue weighted by molar-refractivity contribution is -0.137. The fraction of sp³-hybridized carbons (Fsp3) is 0.333. The van der Waals surface area contributed by atoms with Crippen LogP contribution >= 0.6 is 0 Å². The van der Waals surface area contributed by atoms with E-state index in [1.54, 1.807) is 11.1 Å². The highest BCUT2D eigenvalue weighted by molar-refractivity contribution is 5.88. The first kappa shape index (κ1) is 22.0. The van der Waals surface area contributed by atoms with E-state index in [0.717, 1.165) is 48.5 Å². The summed E-state index contributed by atoms with van der Waals surface area (Å²) in [6.07, 6.45) is 3.54. The zero-order valence-corrected chi connectivity index (χ0v) is 18.9. The van der Waals surface area contributed by atoms with Gasteiger partial charge in [-0.1, -0.05) is 54.6 Å². The number of nitrogens with zero attached hydrogens (tertiary/aromatic N) is 3. The smallest absolute Gasteiger partial charge is 0.235 e. The molecule has 5 nitrogen and oxygen atoms in total. The molecule has 1 saturated heterocycles. The van der Waals surface area contributed by atoms with Crippen LogP contribution in [0, 0.1) is 0 Å². The molecule has 0 bridgehead atoms. The normalized spacial score (nSPS) is 18.8. The molecule has 0 N–H and O–H groups in total. The summed E-state index contributed by atoms with van der Waals surface area (Å²) in [5, 5.41) is 0. The number of carbonyl (C=O) groups is 1. The van der Waals surface area contributed by atoms with E-state index in [2.05, 4.69) is 28.1 Å². The van der Waals surface area contributed by atoms with Crippen LogP contribution < -0.4 is 4.74 Å². The van der Waals surface area contributed by atoms with E-state index < -0.39 is 5.41 Å². The van der Waals surface area contributed by atoms with Crippen molar-refractivity contribution in [3.8, 4) is 5.75 Å². The monoisotopic (exact) mass is 429 g/mol. The van der Waals surface area contributed by atoms with Gasteiger partial charge >= 0.3 is 0 Å². The number of para-hydroxylation sites is 1. The Morgan fingerprint density at radius 3 is 2.53 bits per heavy atom. The molecule has 3 aromatic rings. The summed E-state index contributed by atoms with van der Waals surface area (Å²) < 4.78 is 6.17. The molecule has 1 amide bonds. The number of likely N-dealkylation sites (N-methyl/N-ethyl adjacent to an activating group) is 1. The van der Waals surface area contributed by atoms with Crippen molar-refractivity contribution in [2.24, 2.45) is 0 Å². The van der Waals surface area contributed by atoms with Crippen molar-refractivity contribution in [3.63, 3.8) is 0 Å². The Hall–Kier alpha value is -3.18. The first-order chi connectivity index (χ1) is 15.6.